The van der Waals surface area contributed by atoms with Crippen LogP contribution in [-0.2, 0) is 11.3 Å². The highest BCUT2D eigenvalue weighted by Gasteiger charge is 2.14. The van der Waals surface area contributed by atoms with E-state index in [0.717, 1.165) is 11.3 Å². The Morgan fingerprint density at radius 2 is 2.29 bits per heavy atom. The van der Waals surface area contributed by atoms with Gasteiger partial charge in [0.2, 0.25) is 0 Å². The van der Waals surface area contributed by atoms with E-state index >= 15 is 0 Å². The predicted molar refractivity (Wildman–Crippen MR) is 92.9 cm³/mol. The fourth-order valence-corrected chi connectivity index (χ4v) is 2.31. The van der Waals surface area contributed by atoms with Crippen LogP contribution in [0.2, 0.25) is 5.02 Å². The Labute approximate surface area is 145 Å². The standard InChI is InChI=1S/C17H17ClN4O2/c1-4-22-11(2)13(10-20-22)7-12(9-19)17(23)21-16-8-14(24-3)5-6-15(16)18/h5-8,10H,4H2,1-3H3,(H,21,23)/b12-7+. The summed E-state index contributed by atoms with van der Waals surface area (Å²) in [5.74, 6) is 0.00792. The number of hydrogen-bond donors (Lipinski definition) is 1. The van der Waals surface area contributed by atoms with Crippen molar-refractivity contribution in [2.24, 2.45) is 0 Å². The third kappa shape index (κ3) is 3.76. The molecular weight excluding hydrogens is 328 g/mol. The van der Waals surface area contributed by atoms with Crippen molar-refractivity contribution < 1.29 is 9.53 Å². The van der Waals surface area contributed by atoms with Crippen molar-refractivity contribution in [1.82, 2.24) is 9.78 Å². The highest BCUT2D eigenvalue weighted by atomic mass is 35.5. The number of amides is 1. The molecule has 0 aliphatic heterocycles. The second-order valence-corrected chi connectivity index (χ2v) is 5.38. The summed E-state index contributed by atoms with van der Waals surface area (Å²) in [6, 6.07) is 6.80. The van der Waals surface area contributed by atoms with Crippen LogP contribution in [0.5, 0.6) is 5.75 Å². The number of anilines is 1. The number of nitrogens with zero attached hydrogens (tertiary/aromatic N) is 3. The number of methoxy groups -OCH3 is 1. The second kappa shape index (κ2) is 7.66. The molecule has 1 N–H and O–H groups in total. The molecule has 6 nitrogen and oxygen atoms in total. The van der Waals surface area contributed by atoms with Gasteiger partial charge in [0.25, 0.3) is 5.91 Å². The smallest absolute Gasteiger partial charge is 0.266 e. The molecule has 0 unspecified atom stereocenters. The average Bonchev–Trinajstić information content (AvgIpc) is 2.94. The van der Waals surface area contributed by atoms with E-state index in [-0.39, 0.29) is 5.57 Å². The van der Waals surface area contributed by atoms with Crippen molar-refractivity contribution in [2.75, 3.05) is 12.4 Å². The fourth-order valence-electron chi connectivity index (χ4n) is 2.14. The Kier molecular flexibility index (Phi) is 5.61. The van der Waals surface area contributed by atoms with Crippen LogP contribution < -0.4 is 10.1 Å². The van der Waals surface area contributed by atoms with Crippen molar-refractivity contribution in [2.45, 2.75) is 20.4 Å². The van der Waals surface area contributed by atoms with E-state index < -0.39 is 5.91 Å². The highest BCUT2D eigenvalue weighted by Crippen LogP contribution is 2.27. The molecule has 2 rings (SSSR count). The minimum absolute atomic E-state index is 0.0346. The van der Waals surface area contributed by atoms with Crippen LogP contribution >= 0.6 is 11.6 Å². The van der Waals surface area contributed by atoms with Gasteiger partial charge in [-0.3, -0.25) is 9.48 Å². The molecule has 1 aromatic carbocycles. The zero-order valence-electron chi connectivity index (χ0n) is 13.6. The molecule has 1 heterocycles. The third-order valence-corrected chi connectivity index (χ3v) is 3.86. The lowest BCUT2D eigenvalue weighted by atomic mass is 10.1. The maximum Gasteiger partial charge on any atom is 0.266 e. The molecular formula is C17H17ClN4O2. The van der Waals surface area contributed by atoms with Crippen LogP contribution in [0.4, 0.5) is 5.69 Å². The van der Waals surface area contributed by atoms with E-state index in [9.17, 15) is 10.1 Å². The first-order valence-corrected chi connectivity index (χ1v) is 7.67. The third-order valence-electron chi connectivity index (χ3n) is 3.53. The van der Waals surface area contributed by atoms with Gasteiger partial charge in [0, 0.05) is 23.9 Å². The molecule has 0 spiro atoms. The van der Waals surface area contributed by atoms with Gasteiger partial charge in [0.1, 0.15) is 17.4 Å². The number of aromatic nitrogens is 2. The quantitative estimate of drug-likeness (QED) is 0.665. The lowest BCUT2D eigenvalue weighted by Gasteiger charge is -2.08. The van der Waals surface area contributed by atoms with Gasteiger partial charge in [-0.1, -0.05) is 11.6 Å². The van der Waals surface area contributed by atoms with Gasteiger partial charge in [-0.15, -0.1) is 0 Å². The van der Waals surface area contributed by atoms with Crippen LogP contribution in [0, 0.1) is 18.3 Å². The fraction of sp³-hybridized carbons (Fsp3) is 0.235. The summed E-state index contributed by atoms with van der Waals surface area (Å²) in [4.78, 5) is 12.4. The van der Waals surface area contributed by atoms with Crippen LogP contribution in [0.15, 0.2) is 30.0 Å². The molecule has 24 heavy (non-hydrogen) atoms. The summed E-state index contributed by atoms with van der Waals surface area (Å²) in [5, 5.41) is 16.5. The molecule has 0 aliphatic rings. The summed E-state index contributed by atoms with van der Waals surface area (Å²) in [6.45, 7) is 4.57. The second-order valence-electron chi connectivity index (χ2n) is 4.97. The monoisotopic (exact) mass is 344 g/mol. The lowest BCUT2D eigenvalue weighted by molar-refractivity contribution is -0.112. The molecule has 0 bridgehead atoms. The average molecular weight is 345 g/mol. The molecule has 2 aromatic rings. The number of hydrogen-bond acceptors (Lipinski definition) is 4. The lowest BCUT2D eigenvalue weighted by Crippen LogP contribution is -2.14. The number of ether oxygens (including phenoxy) is 1. The highest BCUT2D eigenvalue weighted by molar-refractivity contribution is 6.34. The van der Waals surface area contributed by atoms with Crippen molar-refractivity contribution in [3.8, 4) is 11.8 Å². The summed E-state index contributed by atoms with van der Waals surface area (Å²) < 4.78 is 6.89. The van der Waals surface area contributed by atoms with Crippen molar-refractivity contribution in [1.29, 1.82) is 5.26 Å². The molecule has 1 amide bonds. The summed E-state index contributed by atoms with van der Waals surface area (Å²) in [6.07, 6.45) is 3.14. The number of carbonyl (C=O) groups excluding carboxylic acids is 1. The van der Waals surface area contributed by atoms with E-state index in [1.807, 2.05) is 19.9 Å². The maximum absolute atomic E-state index is 12.4. The van der Waals surface area contributed by atoms with Gasteiger partial charge in [0.15, 0.2) is 0 Å². The zero-order chi connectivity index (χ0) is 17.7. The van der Waals surface area contributed by atoms with E-state index in [1.165, 1.54) is 13.2 Å². The molecule has 7 heteroatoms. The molecule has 0 atom stereocenters. The van der Waals surface area contributed by atoms with Gasteiger partial charge in [-0.05, 0) is 32.1 Å². The van der Waals surface area contributed by atoms with Crippen molar-refractivity contribution in [3.63, 3.8) is 0 Å². The zero-order valence-corrected chi connectivity index (χ0v) is 14.4. The van der Waals surface area contributed by atoms with Gasteiger partial charge in [0.05, 0.1) is 24.0 Å². The molecule has 0 aliphatic carbocycles. The SMILES string of the molecule is CCn1ncc(/C=C(\C#N)C(=O)Nc2cc(OC)ccc2Cl)c1C. The number of nitriles is 1. The summed E-state index contributed by atoms with van der Waals surface area (Å²) in [5.41, 5.74) is 1.95. The molecule has 0 radical (unpaired) electrons. The van der Waals surface area contributed by atoms with Gasteiger partial charge in [-0.25, -0.2) is 0 Å². The van der Waals surface area contributed by atoms with Gasteiger partial charge >= 0.3 is 0 Å². The number of benzene rings is 1. The predicted octanol–water partition coefficient (Wildman–Crippen LogP) is 3.42. The first kappa shape index (κ1) is 17.6. The van der Waals surface area contributed by atoms with Crippen molar-refractivity contribution >= 4 is 29.3 Å². The number of rotatable bonds is 5. The molecule has 0 fully saturated rings. The minimum atomic E-state index is -0.545. The molecule has 0 saturated heterocycles. The Morgan fingerprint density at radius 3 is 2.88 bits per heavy atom. The van der Waals surface area contributed by atoms with Gasteiger partial charge < -0.3 is 10.1 Å². The van der Waals surface area contributed by atoms with Crippen LogP contribution in [0.3, 0.4) is 0 Å². The first-order chi connectivity index (χ1) is 11.5. The Balaban J connectivity index is 2.28. The maximum atomic E-state index is 12.4. The van der Waals surface area contributed by atoms with Crippen LogP contribution in [0.25, 0.3) is 6.08 Å². The number of aryl methyl sites for hydroxylation is 1. The largest absolute Gasteiger partial charge is 0.497 e. The molecule has 124 valence electrons. The van der Waals surface area contributed by atoms with E-state index in [2.05, 4.69) is 10.4 Å². The van der Waals surface area contributed by atoms with E-state index in [4.69, 9.17) is 16.3 Å². The van der Waals surface area contributed by atoms with Crippen LogP contribution in [-0.4, -0.2) is 22.8 Å². The molecule has 0 saturated carbocycles. The van der Waals surface area contributed by atoms with Crippen LogP contribution in [0.1, 0.15) is 18.2 Å². The minimum Gasteiger partial charge on any atom is -0.497 e. The Hall–Kier alpha value is -2.78. The Bertz CT molecular complexity index is 834. The normalized spacial score (nSPS) is 11.0. The van der Waals surface area contributed by atoms with Gasteiger partial charge in [-0.2, -0.15) is 10.4 Å². The topological polar surface area (TPSA) is 79.9 Å². The van der Waals surface area contributed by atoms with E-state index in [0.29, 0.717) is 23.0 Å². The van der Waals surface area contributed by atoms with E-state index in [1.54, 1.807) is 29.1 Å². The Morgan fingerprint density at radius 1 is 1.54 bits per heavy atom. The number of carbonyl (C=O) groups is 1. The summed E-state index contributed by atoms with van der Waals surface area (Å²) in [7, 11) is 1.52. The summed E-state index contributed by atoms with van der Waals surface area (Å²) >= 11 is 6.07. The number of halogens is 1. The first-order valence-electron chi connectivity index (χ1n) is 7.29. The number of nitrogens with one attached hydrogen (secondary N) is 1. The van der Waals surface area contributed by atoms with Crippen molar-refractivity contribution in [3.05, 3.63) is 46.2 Å². The molecule has 1 aromatic heterocycles.